The van der Waals surface area contributed by atoms with E-state index in [1.54, 1.807) is 6.92 Å². The molecule has 2 N–H and O–H groups in total. The molecule has 0 amide bonds. The molecule has 0 fully saturated rings. The second-order valence-electron chi connectivity index (χ2n) is 0.632. The van der Waals surface area contributed by atoms with Gasteiger partial charge in [0.2, 0.25) is 0 Å². The standard InChI is InChI=1S/C2H6OS.H2OS/c1-2(3)4;1-2/h2-4H,1H3;1-2H. The first kappa shape index (κ1) is 9.80. The Morgan fingerprint density at radius 2 is 1.50 bits per heavy atom. The molecule has 2 nitrogen and oxygen atoms in total. The minimum atomic E-state index is -0.472. The fourth-order valence-electron chi connectivity index (χ4n) is 0. The molecule has 0 saturated carbocycles. The zero-order chi connectivity index (χ0) is 5.58. The van der Waals surface area contributed by atoms with Crippen molar-refractivity contribution in [3.05, 3.63) is 0 Å². The summed E-state index contributed by atoms with van der Waals surface area (Å²) in [4.78, 5) is 0. The summed E-state index contributed by atoms with van der Waals surface area (Å²) in [6.07, 6.45) is 0. The number of hydrogen-bond acceptors (Lipinski definition) is 4. The lowest BCUT2D eigenvalue weighted by atomic mass is 10.9. The van der Waals surface area contributed by atoms with E-state index < -0.39 is 5.44 Å². The Morgan fingerprint density at radius 1 is 1.50 bits per heavy atom. The van der Waals surface area contributed by atoms with Crippen molar-refractivity contribution < 1.29 is 9.66 Å². The summed E-state index contributed by atoms with van der Waals surface area (Å²) >= 11 is 6.05. The van der Waals surface area contributed by atoms with Gasteiger partial charge in [-0.1, -0.05) is 0 Å². The van der Waals surface area contributed by atoms with Gasteiger partial charge in [-0.3, -0.25) is 0 Å². The average Bonchev–Trinajstić information content (AvgIpc) is 1.41. The quantitative estimate of drug-likeness (QED) is 0.220. The lowest BCUT2D eigenvalue weighted by molar-refractivity contribution is 0.286. The summed E-state index contributed by atoms with van der Waals surface area (Å²) in [6, 6.07) is 0. The first-order chi connectivity index (χ1) is 2.73. The smallest absolute Gasteiger partial charge is 0.0936 e. The van der Waals surface area contributed by atoms with Gasteiger partial charge in [0.1, 0.15) is 0 Å². The number of aliphatic hydroxyl groups is 1. The molecule has 40 valence electrons. The van der Waals surface area contributed by atoms with Gasteiger partial charge in [-0.05, 0) is 19.8 Å². The van der Waals surface area contributed by atoms with E-state index in [0.29, 0.717) is 0 Å². The molecule has 0 aromatic heterocycles. The van der Waals surface area contributed by atoms with Gasteiger partial charge in [0.05, 0.1) is 5.44 Å². The maximum Gasteiger partial charge on any atom is 0.0936 e. The molecule has 0 aliphatic carbocycles. The van der Waals surface area contributed by atoms with E-state index in [4.69, 9.17) is 9.66 Å². The minimum absolute atomic E-state index is 0.472. The maximum atomic E-state index is 7.92. The highest BCUT2D eigenvalue weighted by Gasteiger charge is 1.70. The Kier molecular flexibility index (Phi) is 14.9. The van der Waals surface area contributed by atoms with E-state index in [0.717, 1.165) is 0 Å². The van der Waals surface area contributed by atoms with Crippen molar-refractivity contribution in [2.75, 3.05) is 0 Å². The van der Waals surface area contributed by atoms with E-state index in [1.165, 1.54) is 0 Å². The molecule has 0 rings (SSSR count). The molecule has 6 heavy (non-hydrogen) atoms. The molecule has 0 aliphatic heterocycles. The van der Waals surface area contributed by atoms with Gasteiger partial charge in [-0.25, -0.2) is 0 Å². The second-order valence-corrected chi connectivity index (χ2v) is 1.38. The molecule has 0 saturated heterocycles. The van der Waals surface area contributed by atoms with Gasteiger partial charge in [-0.2, -0.15) is 0 Å². The van der Waals surface area contributed by atoms with Crippen molar-refractivity contribution in [3.8, 4) is 0 Å². The van der Waals surface area contributed by atoms with Gasteiger partial charge < -0.3 is 9.66 Å². The van der Waals surface area contributed by atoms with Crippen molar-refractivity contribution in [1.82, 2.24) is 0 Å². The Hall–Kier alpha value is 0.620. The third kappa shape index (κ3) is 157. The van der Waals surface area contributed by atoms with Crippen molar-refractivity contribution in [3.63, 3.8) is 0 Å². The van der Waals surface area contributed by atoms with Crippen LogP contribution in [0.2, 0.25) is 0 Å². The third-order valence-electron chi connectivity index (χ3n) is 0. The van der Waals surface area contributed by atoms with Crippen LogP contribution in [0.1, 0.15) is 6.92 Å². The molecule has 0 aliphatic rings. The fraction of sp³-hybridized carbons (Fsp3) is 1.00. The average molecular weight is 128 g/mol. The van der Waals surface area contributed by atoms with Crippen LogP contribution in [0.15, 0.2) is 0 Å². The van der Waals surface area contributed by atoms with Crippen LogP contribution in [0, 0.1) is 0 Å². The highest BCUT2D eigenvalue weighted by molar-refractivity contribution is 7.80. The van der Waals surface area contributed by atoms with Crippen LogP contribution < -0.4 is 0 Å². The molecule has 0 bridgehead atoms. The summed E-state index contributed by atoms with van der Waals surface area (Å²) in [6.45, 7) is 1.59. The van der Waals surface area contributed by atoms with Gasteiger partial charge in [0.25, 0.3) is 0 Å². The van der Waals surface area contributed by atoms with E-state index in [1.807, 2.05) is 0 Å². The summed E-state index contributed by atoms with van der Waals surface area (Å²) < 4.78 is 6.69. The van der Waals surface area contributed by atoms with Gasteiger partial charge >= 0.3 is 0 Å². The van der Waals surface area contributed by atoms with Gasteiger partial charge in [-0.15, -0.1) is 12.6 Å². The number of rotatable bonds is 0. The first-order valence-electron chi connectivity index (χ1n) is 1.29. The van der Waals surface area contributed by atoms with Crippen molar-refractivity contribution in [2.45, 2.75) is 12.4 Å². The Morgan fingerprint density at radius 3 is 1.50 bits per heavy atom. The summed E-state index contributed by atoms with van der Waals surface area (Å²) in [7, 11) is 0. The molecule has 0 heterocycles. The Labute approximate surface area is 48.2 Å². The molecule has 1 atom stereocenters. The first-order valence-corrected chi connectivity index (χ1v) is 2.21. The van der Waals surface area contributed by atoms with Crippen LogP contribution in [0.4, 0.5) is 0 Å². The number of hydrogen-bond donors (Lipinski definition) is 4. The van der Waals surface area contributed by atoms with Crippen molar-refractivity contribution >= 4 is 25.5 Å². The topological polar surface area (TPSA) is 40.5 Å². The van der Waals surface area contributed by atoms with Crippen molar-refractivity contribution in [1.29, 1.82) is 0 Å². The molecule has 0 aromatic rings. The summed E-state index contributed by atoms with van der Waals surface area (Å²) in [5, 5.41) is 7.92. The van der Waals surface area contributed by atoms with Crippen LogP contribution in [-0.2, 0) is 0 Å². The van der Waals surface area contributed by atoms with E-state index >= 15 is 0 Å². The highest BCUT2D eigenvalue weighted by Crippen LogP contribution is 1.78. The zero-order valence-corrected chi connectivity index (χ0v) is 5.16. The predicted octanol–water partition coefficient (Wildman–Crippen LogP) is 0.644. The maximum absolute atomic E-state index is 7.92. The molecular weight excluding hydrogens is 120 g/mol. The SMILES string of the molecule is CC(O)S.OS. The van der Waals surface area contributed by atoms with E-state index in [-0.39, 0.29) is 0 Å². The van der Waals surface area contributed by atoms with E-state index in [9.17, 15) is 0 Å². The largest absolute Gasteiger partial charge is 0.383 e. The van der Waals surface area contributed by atoms with Crippen molar-refractivity contribution in [2.24, 2.45) is 0 Å². The minimum Gasteiger partial charge on any atom is -0.383 e. The fourth-order valence-corrected chi connectivity index (χ4v) is 0. The highest BCUT2D eigenvalue weighted by atomic mass is 32.1. The monoisotopic (exact) mass is 128 g/mol. The lowest BCUT2D eigenvalue weighted by Crippen LogP contribution is -1.79. The van der Waals surface area contributed by atoms with Crippen LogP contribution in [0.3, 0.4) is 0 Å². The summed E-state index contributed by atoms with van der Waals surface area (Å²) in [5.74, 6) is 0. The van der Waals surface area contributed by atoms with Crippen LogP contribution in [0.25, 0.3) is 0 Å². The molecule has 0 aromatic carbocycles. The molecule has 4 heteroatoms. The summed E-state index contributed by atoms with van der Waals surface area (Å²) in [5.41, 5.74) is -0.472. The Balaban J connectivity index is 0. The zero-order valence-electron chi connectivity index (χ0n) is 3.37. The van der Waals surface area contributed by atoms with E-state index in [2.05, 4.69) is 25.5 Å². The molecule has 1 unspecified atom stereocenters. The van der Waals surface area contributed by atoms with Crippen LogP contribution in [0.5, 0.6) is 0 Å². The number of aliphatic hydroxyl groups excluding tert-OH is 1. The van der Waals surface area contributed by atoms with Crippen LogP contribution in [-0.4, -0.2) is 15.1 Å². The van der Waals surface area contributed by atoms with Gasteiger partial charge in [0, 0.05) is 0 Å². The molecule has 0 radical (unpaired) electrons. The van der Waals surface area contributed by atoms with Crippen LogP contribution >= 0.6 is 25.5 Å². The third-order valence-corrected chi connectivity index (χ3v) is 0. The lowest BCUT2D eigenvalue weighted by Gasteiger charge is -1.79. The van der Waals surface area contributed by atoms with Gasteiger partial charge in [0.15, 0.2) is 0 Å². The Bertz CT molecular complexity index is 14.3. The molecule has 0 spiro atoms. The molecular formula is C2H8O2S2. The number of thiol groups is 2. The normalized spacial score (nSPS) is 11.5. The second kappa shape index (κ2) is 9.15. The predicted molar refractivity (Wildman–Crippen MR) is 32.3 cm³/mol.